The molecule has 118 valence electrons. The molecule has 22 heavy (non-hydrogen) atoms. The van der Waals surface area contributed by atoms with Gasteiger partial charge in [0, 0.05) is 23.1 Å². The van der Waals surface area contributed by atoms with Gasteiger partial charge in [0.2, 0.25) is 11.8 Å². The second-order valence-corrected chi connectivity index (χ2v) is 7.49. The number of benzene rings is 1. The van der Waals surface area contributed by atoms with Crippen LogP contribution in [0.3, 0.4) is 0 Å². The Kier molecular flexibility index (Phi) is 6.85. The number of nitrogens with zero attached hydrogens (tertiary/aromatic N) is 1. The van der Waals surface area contributed by atoms with E-state index in [1.807, 2.05) is 24.3 Å². The van der Waals surface area contributed by atoms with Crippen molar-refractivity contribution in [2.45, 2.75) is 25.7 Å². The highest BCUT2D eigenvalue weighted by atomic mass is 79.9. The number of carbonyl (C=O) groups excluding carboxylic acids is 2. The zero-order chi connectivity index (χ0) is 15.9. The summed E-state index contributed by atoms with van der Waals surface area (Å²) in [6.45, 7) is 0.665. The van der Waals surface area contributed by atoms with E-state index in [0.717, 1.165) is 29.4 Å². The number of anilines is 1. The van der Waals surface area contributed by atoms with Crippen LogP contribution in [0, 0.1) is 0 Å². The van der Waals surface area contributed by atoms with E-state index in [1.165, 1.54) is 11.8 Å². The molecule has 0 unspecified atom stereocenters. The third-order valence-electron chi connectivity index (χ3n) is 3.23. The number of thiocarbonyl (C=S) groups is 1. The van der Waals surface area contributed by atoms with Gasteiger partial charge in [-0.1, -0.05) is 52.4 Å². The molecular weight excluding hydrogens is 384 g/mol. The molecule has 1 aromatic rings. The van der Waals surface area contributed by atoms with E-state index in [1.54, 1.807) is 4.90 Å². The molecule has 1 N–H and O–H groups in total. The largest absolute Gasteiger partial charge is 0.326 e. The first kappa shape index (κ1) is 17.4. The maximum atomic E-state index is 11.8. The number of carbonyl (C=O) groups is 2. The maximum Gasteiger partial charge on any atom is 0.238 e. The molecule has 0 spiro atoms. The van der Waals surface area contributed by atoms with Gasteiger partial charge in [0.15, 0.2) is 0 Å². The minimum atomic E-state index is 0.0152. The van der Waals surface area contributed by atoms with Crippen molar-refractivity contribution in [1.29, 1.82) is 0 Å². The molecule has 7 heteroatoms. The van der Waals surface area contributed by atoms with E-state index >= 15 is 0 Å². The van der Waals surface area contributed by atoms with Crippen LogP contribution in [-0.2, 0) is 9.59 Å². The first-order valence-electron chi connectivity index (χ1n) is 7.09. The van der Waals surface area contributed by atoms with Gasteiger partial charge >= 0.3 is 0 Å². The molecule has 4 nitrogen and oxygen atoms in total. The lowest BCUT2D eigenvalue weighted by molar-refractivity contribution is -0.124. The summed E-state index contributed by atoms with van der Waals surface area (Å²) >= 11 is 9.92. The second kappa shape index (κ2) is 8.64. The zero-order valence-electron chi connectivity index (χ0n) is 12.0. The molecule has 1 heterocycles. The molecule has 0 radical (unpaired) electrons. The Balaban J connectivity index is 1.61. The van der Waals surface area contributed by atoms with E-state index in [4.69, 9.17) is 12.2 Å². The summed E-state index contributed by atoms with van der Waals surface area (Å²) in [6, 6.07) is 7.53. The topological polar surface area (TPSA) is 49.4 Å². The van der Waals surface area contributed by atoms with Crippen LogP contribution in [0.2, 0.25) is 0 Å². The van der Waals surface area contributed by atoms with Crippen molar-refractivity contribution in [1.82, 2.24) is 4.90 Å². The van der Waals surface area contributed by atoms with Crippen LogP contribution in [0.4, 0.5) is 5.69 Å². The lowest BCUT2D eigenvalue weighted by Gasteiger charge is -2.14. The summed E-state index contributed by atoms with van der Waals surface area (Å²) in [5, 5.41) is 2.87. The molecule has 1 saturated heterocycles. The standard InChI is InChI=1S/C15H17BrN2O2S2/c16-11-5-4-6-12(9-11)17-13(19)7-2-1-3-8-18-14(20)10-22-15(18)21/h4-6,9H,1-3,7-8,10H2,(H,17,19). The monoisotopic (exact) mass is 400 g/mol. The number of amides is 2. The first-order valence-corrected chi connectivity index (χ1v) is 9.27. The van der Waals surface area contributed by atoms with Crippen LogP contribution in [-0.4, -0.2) is 33.3 Å². The molecule has 1 aliphatic heterocycles. The lowest BCUT2D eigenvalue weighted by Crippen LogP contribution is -2.29. The zero-order valence-corrected chi connectivity index (χ0v) is 15.2. The van der Waals surface area contributed by atoms with Crippen molar-refractivity contribution in [2.75, 3.05) is 17.6 Å². The minimum absolute atomic E-state index is 0.0152. The van der Waals surface area contributed by atoms with E-state index < -0.39 is 0 Å². The Morgan fingerprint density at radius 3 is 2.86 bits per heavy atom. The second-order valence-electron chi connectivity index (χ2n) is 4.97. The average molecular weight is 401 g/mol. The van der Waals surface area contributed by atoms with Gasteiger partial charge in [-0.2, -0.15) is 0 Å². The van der Waals surface area contributed by atoms with Gasteiger partial charge in [-0.05, 0) is 31.0 Å². The highest BCUT2D eigenvalue weighted by Crippen LogP contribution is 2.20. The van der Waals surface area contributed by atoms with E-state index in [2.05, 4.69) is 21.2 Å². The Labute approximate surface area is 148 Å². The van der Waals surface area contributed by atoms with Crippen LogP contribution >= 0.6 is 39.9 Å². The van der Waals surface area contributed by atoms with E-state index in [0.29, 0.717) is 23.0 Å². The SMILES string of the molecule is O=C(CCCCCN1C(=O)CSC1=S)Nc1cccc(Br)c1. The highest BCUT2D eigenvalue weighted by molar-refractivity contribution is 9.10. The molecule has 0 aliphatic carbocycles. The van der Waals surface area contributed by atoms with Crippen molar-refractivity contribution in [2.24, 2.45) is 0 Å². The van der Waals surface area contributed by atoms with E-state index in [-0.39, 0.29) is 11.8 Å². The molecular formula is C15H17BrN2O2S2. The Hall–Kier alpha value is -0.920. The number of nitrogens with one attached hydrogen (secondary N) is 1. The summed E-state index contributed by atoms with van der Waals surface area (Å²) in [7, 11) is 0. The predicted octanol–water partition coefficient (Wildman–Crippen LogP) is 3.81. The molecule has 0 saturated carbocycles. The lowest BCUT2D eigenvalue weighted by atomic mass is 10.2. The molecule has 1 aromatic carbocycles. The number of unbranched alkanes of at least 4 members (excludes halogenated alkanes) is 2. The fourth-order valence-electron chi connectivity index (χ4n) is 2.12. The molecule has 2 rings (SSSR count). The number of rotatable bonds is 7. The van der Waals surface area contributed by atoms with Crippen LogP contribution < -0.4 is 5.32 Å². The van der Waals surface area contributed by atoms with E-state index in [9.17, 15) is 9.59 Å². The highest BCUT2D eigenvalue weighted by Gasteiger charge is 2.25. The molecule has 1 aliphatic rings. The van der Waals surface area contributed by atoms with Crippen molar-refractivity contribution >= 4 is 61.7 Å². The van der Waals surface area contributed by atoms with Gasteiger partial charge in [-0.3, -0.25) is 14.5 Å². The first-order chi connectivity index (χ1) is 10.6. The van der Waals surface area contributed by atoms with Crippen LogP contribution in [0.15, 0.2) is 28.7 Å². The summed E-state index contributed by atoms with van der Waals surface area (Å²) in [6.07, 6.45) is 3.07. The number of hydrogen-bond donors (Lipinski definition) is 1. The quantitative estimate of drug-likeness (QED) is 0.558. The fourth-order valence-corrected chi connectivity index (χ4v) is 3.64. The molecule has 0 bridgehead atoms. The fraction of sp³-hybridized carbons (Fsp3) is 0.400. The third-order valence-corrected chi connectivity index (χ3v) is 5.16. The van der Waals surface area contributed by atoms with Crippen molar-refractivity contribution in [3.63, 3.8) is 0 Å². The van der Waals surface area contributed by atoms with Gasteiger partial charge in [0.1, 0.15) is 4.32 Å². The van der Waals surface area contributed by atoms with Crippen LogP contribution in [0.1, 0.15) is 25.7 Å². The van der Waals surface area contributed by atoms with Gasteiger partial charge in [-0.15, -0.1) is 0 Å². The average Bonchev–Trinajstić information content (AvgIpc) is 2.78. The molecule has 1 fully saturated rings. The van der Waals surface area contributed by atoms with Crippen molar-refractivity contribution in [3.05, 3.63) is 28.7 Å². The Bertz CT molecular complexity index is 564. The minimum Gasteiger partial charge on any atom is -0.326 e. The summed E-state index contributed by atoms with van der Waals surface area (Å²) in [4.78, 5) is 25.0. The number of halogens is 1. The predicted molar refractivity (Wildman–Crippen MR) is 98.0 cm³/mol. The van der Waals surface area contributed by atoms with Crippen LogP contribution in [0.5, 0.6) is 0 Å². The third kappa shape index (κ3) is 5.37. The smallest absolute Gasteiger partial charge is 0.238 e. The maximum absolute atomic E-state index is 11.8. The number of thioether (sulfide) groups is 1. The molecule has 0 atom stereocenters. The van der Waals surface area contributed by atoms with Gasteiger partial charge in [-0.25, -0.2) is 0 Å². The summed E-state index contributed by atoms with van der Waals surface area (Å²) < 4.78 is 1.62. The normalized spacial score (nSPS) is 14.5. The Morgan fingerprint density at radius 1 is 1.36 bits per heavy atom. The summed E-state index contributed by atoms with van der Waals surface area (Å²) in [5.41, 5.74) is 0.796. The van der Waals surface area contributed by atoms with Crippen LogP contribution in [0.25, 0.3) is 0 Å². The van der Waals surface area contributed by atoms with Gasteiger partial charge in [0.25, 0.3) is 0 Å². The van der Waals surface area contributed by atoms with Crippen molar-refractivity contribution in [3.8, 4) is 0 Å². The van der Waals surface area contributed by atoms with Gasteiger partial charge in [0.05, 0.1) is 5.75 Å². The number of hydrogen-bond acceptors (Lipinski definition) is 4. The van der Waals surface area contributed by atoms with Crippen molar-refractivity contribution < 1.29 is 9.59 Å². The molecule has 0 aromatic heterocycles. The summed E-state index contributed by atoms with van der Waals surface area (Å²) in [5.74, 6) is 0.581. The Morgan fingerprint density at radius 2 is 2.18 bits per heavy atom. The van der Waals surface area contributed by atoms with Gasteiger partial charge < -0.3 is 5.32 Å². The molecule has 2 amide bonds.